The Kier molecular flexibility index (Phi) is 6.16. The molecule has 0 atom stereocenters. The summed E-state index contributed by atoms with van der Waals surface area (Å²) in [6.07, 6.45) is 3.26. The van der Waals surface area contributed by atoms with Crippen molar-refractivity contribution >= 4 is 35.6 Å². The maximum absolute atomic E-state index is 11.8. The first-order valence-electron chi connectivity index (χ1n) is 5.81. The molecule has 18 heavy (non-hydrogen) atoms. The van der Waals surface area contributed by atoms with E-state index >= 15 is 0 Å². The number of ketones is 1. The van der Waals surface area contributed by atoms with E-state index in [-0.39, 0.29) is 18.2 Å². The number of carbonyl (C=O) groups excluding carboxylic acids is 1. The molecule has 2 rings (SSSR count). The normalized spacial score (nSPS) is 14.4. The van der Waals surface area contributed by atoms with E-state index in [1.54, 1.807) is 24.3 Å². The molecule has 1 aromatic carbocycles. The van der Waals surface area contributed by atoms with Gasteiger partial charge in [0.2, 0.25) is 0 Å². The second-order valence-electron chi connectivity index (χ2n) is 4.07. The summed E-state index contributed by atoms with van der Waals surface area (Å²) in [6, 6.07) is 6.95. The van der Waals surface area contributed by atoms with Crippen LogP contribution in [0.25, 0.3) is 0 Å². The van der Waals surface area contributed by atoms with Gasteiger partial charge in [-0.3, -0.25) is 9.79 Å². The maximum atomic E-state index is 11.8. The lowest BCUT2D eigenvalue weighted by Gasteiger charge is -2.13. The number of nitrogens with zero attached hydrogens (tertiary/aromatic N) is 1. The van der Waals surface area contributed by atoms with E-state index in [4.69, 9.17) is 11.6 Å². The average Bonchev–Trinajstić information content (AvgIpc) is 2.38. The molecule has 0 amide bonds. The molecule has 0 aliphatic carbocycles. The molecule has 3 nitrogen and oxygen atoms in total. The molecule has 1 aromatic rings. The number of carbonyl (C=O) groups is 1. The van der Waals surface area contributed by atoms with Crippen molar-refractivity contribution in [3.05, 3.63) is 34.9 Å². The smallest absolute Gasteiger partial charge is 0.181 e. The van der Waals surface area contributed by atoms with Crippen LogP contribution in [-0.4, -0.2) is 24.7 Å². The van der Waals surface area contributed by atoms with Gasteiger partial charge in [-0.25, -0.2) is 0 Å². The number of halogens is 2. The quantitative estimate of drug-likeness (QED) is 0.868. The molecule has 0 saturated heterocycles. The Morgan fingerprint density at radius 1 is 1.28 bits per heavy atom. The number of benzene rings is 1. The molecule has 0 radical (unpaired) electrons. The van der Waals surface area contributed by atoms with Crippen LogP contribution in [0.1, 0.15) is 29.6 Å². The van der Waals surface area contributed by atoms with Crippen LogP contribution in [0, 0.1) is 0 Å². The van der Waals surface area contributed by atoms with Crippen LogP contribution in [0.3, 0.4) is 0 Å². The summed E-state index contributed by atoms with van der Waals surface area (Å²) in [5, 5.41) is 3.75. The van der Waals surface area contributed by atoms with E-state index in [1.807, 2.05) is 0 Å². The van der Waals surface area contributed by atoms with E-state index in [0.29, 0.717) is 17.1 Å². The maximum Gasteiger partial charge on any atom is 0.181 e. The van der Waals surface area contributed by atoms with Crippen LogP contribution >= 0.6 is 24.0 Å². The summed E-state index contributed by atoms with van der Waals surface area (Å²) >= 11 is 5.77. The Hall–Kier alpha value is -1.06. The molecule has 0 bridgehead atoms. The minimum atomic E-state index is 0. The molecular formula is C13H16Cl2N2O. The highest BCUT2D eigenvalue weighted by molar-refractivity contribution is 6.30. The summed E-state index contributed by atoms with van der Waals surface area (Å²) in [6.45, 7) is 1.18. The number of hydrogen-bond donors (Lipinski definition) is 1. The van der Waals surface area contributed by atoms with Gasteiger partial charge in [0.15, 0.2) is 5.78 Å². The Bertz CT molecular complexity index is 429. The third-order valence-electron chi connectivity index (χ3n) is 2.74. The summed E-state index contributed by atoms with van der Waals surface area (Å²) < 4.78 is 0. The highest BCUT2D eigenvalue weighted by Gasteiger charge is 2.08. The number of Topliss-reactive ketones (excluding diaryl/α,β-unsaturated/α-hetero) is 1. The van der Waals surface area contributed by atoms with Crippen molar-refractivity contribution < 1.29 is 4.79 Å². The standard InChI is InChI=1S/C13H15ClN2O.ClH/c14-11-6-4-10(5-7-11)12(17)9-16-13-3-1-2-8-15-13;/h4-7H,1-3,8-9H2,(H,15,16);1H. The van der Waals surface area contributed by atoms with Gasteiger partial charge < -0.3 is 5.32 Å². The van der Waals surface area contributed by atoms with Crippen LogP contribution in [0.4, 0.5) is 0 Å². The first-order chi connectivity index (χ1) is 8.25. The minimum Gasteiger partial charge on any atom is -0.366 e. The van der Waals surface area contributed by atoms with Gasteiger partial charge in [0.1, 0.15) is 0 Å². The second kappa shape index (κ2) is 7.39. The molecule has 0 spiro atoms. The van der Waals surface area contributed by atoms with Gasteiger partial charge >= 0.3 is 0 Å². The van der Waals surface area contributed by atoms with Gasteiger partial charge in [0.25, 0.3) is 0 Å². The molecule has 0 unspecified atom stereocenters. The van der Waals surface area contributed by atoms with Gasteiger partial charge in [-0.2, -0.15) is 0 Å². The van der Waals surface area contributed by atoms with Crippen LogP contribution < -0.4 is 5.32 Å². The van der Waals surface area contributed by atoms with Crippen LogP contribution in [0.5, 0.6) is 0 Å². The fourth-order valence-electron chi connectivity index (χ4n) is 1.76. The van der Waals surface area contributed by atoms with Gasteiger partial charge in [-0.05, 0) is 37.1 Å². The summed E-state index contributed by atoms with van der Waals surface area (Å²) in [5.41, 5.74) is 0.679. The van der Waals surface area contributed by atoms with Gasteiger partial charge in [-0.15, -0.1) is 12.4 Å². The summed E-state index contributed by atoms with van der Waals surface area (Å²) in [7, 11) is 0. The van der Waals surface area contributed by atoms with E-state index < -0.39 is 0 Å². The van der Waals surface area contributed by atoms with E-state index in [2.05, 4.69) is 10.3 Å². The van der Waals surface area contributed by atoms with Gasteiger partial charge in [0.05, 0.1) is 12.4 Å². The largest absolute Gasteiger partial charge is 0.366 e. The second-order valence-corrected chi connectivity index (χ2v) is 4.51. The Morgan fingerprint density at radius 2 is 2.00 bits per heavy atom. The van der Waals surface area contributed by atoms with Crippen molar-refractivity contribution in [2.75, 3.05) is 13.1 Å². The lowest BCUT2D eigenvalue weighted by Crippen LogP contribution is -2.31. The highest BCUT2D eigenvalue weighted by atomic mass is 35.5. The molecule has 1 heterocycles. The Morgan fingerprint density at radius 3 is 2.61 bits per heavy atom. The van der Waals surface area contributed by atoms with Crippen molar-refractivity contribution in [2.45, 2.75) is 19.3 Å². The summed E-state index contributed by atoms with van der Waals surface area (Å²) in [5.74, 6) is 1.02. The van der Waals surface area contributed by atoms with E-state index in [9.17, 15) is 4.79 Å². The summed E-state index contributed by atoms with van der Waals surface area (Å²) in [4.78, 5) is 16.2. The number of aliphatic imine (C=N–C) groups is 1. The first kappa shape index (κ1) is 15.0. The SMILES string of the molecule is Cl.O=C(CNC1=NCCCC1)c1ccc(Cl)cc1. The van der Waals surface area contributed by atoms with Crippen LogP contribution in [0.15, 0.2) is 29.3 Å². The molecule has 1 N–H and O–H groups in total. The topological polar surface area (TPSA) is 41.5 Å². The molecule has 1 aliphatic rings. The minimum absolute atomic E-state index is 0. The van der Waals surface area contributed by atoms with E-state index in [1.165, 1.54) is 0 Å². The van der Waals surface area contributed by atoms with Crippen LogP contribution in [0.2, 0.25) is 5.02 Å². The lowest BCUT2D eigenvalue weighted by atomic mass is 10.1. The predicted molar refractivity (Wildman–Crippen MR) is 77.2 cm³/mol. The highest BCUT2D eigenvalue weighted by Crippen LogP contribution is 2.10. The molecule has 0 aromatic heterocycles. The van der Waals surface area contributed by atoms with Gasteiger partial charge in [-0.1, -0.05) is 11.6 Å². The third kappa shape index (κ3) is 4.31. The molecule has 0 saturated carbocycles. The monoisotopic (exact) mass is 286 g/mol. The van der Waals surface area contributed by atoms with Crippen molar-refractivity contribution in [3.63, 3.8) is 0 Å². The number of nitrogens with one attached hydrogen (secondary N) is 1. The molecule has 1 aliphatic heterocycles. The van der Waals surface area contributed by atoms with E-state index in [0.717, 1.165) is 31.6 Å². The average molecular weight is 287 g/mol. The first-order valence-corrected chi connectivity index (χ1v) is 6.19. The fraction of sp³-hybridized carbons (Fsp3) is 0.385. The fourth-order valence-corrected chi connectivity index (χ4v) is 1.89. The molecule has 98 valence electrons. The van der Waals surface area contributed by atoms with Crippen LogP contribution in [-0.2, 0) is 0 Å². The van der Waals surface area contributed by atoms with Crippen molar-refractivity contribution in [3.8, 4) is 0 Å². The molecule has 5 heteroatoms. The zero-order valence-electron chi connectivity index (χ0n) is 9.99. The number of hydrogen-bond acceptors (Lipinski definition) is 3. The number of amidine groups is 1. The lowest BCUT2D eigenvalue weighted by molar-refractivity contribution is 0.0996. The number of rotatable bonds is 3. The molecule has 0 fully saturated rings. The molecular weight excluding hydrogens is 271 g/mol. The zero-order valence-corrected chi connectivity index (χ0v) is 11.6. The zero-order chi connectivity index (χ0) is 12.1. The predicted octanol–water partition coefficient (Wildman–Crippen LogP) is 3.12. The van der Waals surface area contributed by atoms with Crippen molar-refractivity contribution in [1.29, 1.82) is 0 Å². The Balaban J connectivity index is 0.00000162. The Labute approximate surface area is 118 Å². The third-order valence-corrected chi connectivity index (χ3v) is 3.00. The van der Waals surface area contributed by atoms with Crippen molar-refractivity contribution in [1.82, 2.24) is 5.32 Å². The van der Waals surface area contributed by atoms with Gasteiger partial charge in [0, 0.05) is 23.6 Å². The van der Waals surface area contributed by atoms with Crippen molar-refractivity contribution in [2.24, 2.45) is 4.99 Å².